The summed E-state index contributed by atoms with van der Waals surface area (Å²) in [5.41, 5.74) is 9.09. The van der Waals surface area contributed by atoms with Gasteiger partial charge < -0.3 is 20.4 Å². The van der Waals surface area contributed by atoms with Crippen LogP contribution in [0.1, 0.15) is 0 Å². The van der Waals surface area contributed by atoms with E-state index in [-0.39, 0.29) is 23.0 Å². The Bertz CT molecular complexity index is 2990. The molecule has 4 heteroatoms. The third kappa shape index (κ3) is 6.28. The second-order valence-corrected chi connectivity index (χ2v) is 15.0. The lowest BCUT2D eigenvalue weighted by atomic mass is 9.84. The molecule has 0 radical (unpaired) electrons. The smallest absolute Gasteiger partial charge is 0.132 e. The van der Waals surface area contributed by atoms with Crippen molar-refractivity contribution in [1.82, 2.24) is 0 Å². The van der Waals surface area contributed by atoms with Crippen molar-refractivity contribution in [1.29, 1.82) is 0 Å². The van der Waals surface area contributed by atoms with Gasteiger partial charge in [-0.1, -0.05) is 170 Å². The van der Waals surface area contributed by atoms with Gasteiger partial charge in [0.2, 0.25) is 0 Å². The van der Waals surface area contributed by atoms with Crippen molar-refractivity contribution in [3.8, 4) is 101 Å². The lowest BCUT2D eigenvalue weighted by Gasteiger charge is -2.21. The van der Waals surface area contributed by atoms with E-state index in [1.165, 1.54) is 0 Å². The van der Waals surface area contributed by atoms with Crippen LogP contribution in [0.2, 0.25) is 0 Å². The molecule has 0 heterocycles. The molecule has 0 amide bonds. The van der Waals surface area contributed by atoms with Gasteiger partial charge in [-0.3, -0.25) is 0 Å². The molecule has 0 saturated carbocycles. The van der Waals surface area contributed by atoms with E-state index in [2.05, 4.69) is 0 Å². The topological polar surface area (TPSA) is 80.9 Å². The molecular weight excluding hydrogens is 737 g/mol. The molecule has 10 rings (SSSR count). The van der Waals surface area contributed by atoms with Gasteiger partial charge in [0.1, 0.15) is 23.0 Å². The molecule has 0 aromatic heterocycles. The maximum Gasteiger partial charge on any atom is 0.132 e. The molecule has 0 aliphatic heterocycles. The summed E-state index contributed by atoms with van der Waals surface area (Å²) in [6.45, 7) is 0. The van der Waals surface area contributed by atoms with E-state index in [0.717, 1.165) is 44.2 Å². The Morgan fingerprint density at radius 2 is 0.500 bits per heavy atom. The maximum atomic E-state index is 12.9. The van der Waals surface area contributed by atoms with E-state index < -0.39 is 0 Å². The third-order valence-corrected chi connectivity index (χ3v) is 11.5. The first-order chi connectivity index (χ1) is 29.4. The van der Waals surface area contributed by atoms with Crippen LogP contribution in [0.3, 0.4) is 0 Å². The van der Waals surface area contributed by atoms with Crippen LogP contribution in [0.25, 0.3) is 99.4 Å². The van der Waals surface area contributed by atoms with Gasteiger partial charge in [-0.2, -0.15) is 0 Å². The molecule has 0 fully saturated rings. The fourth-order valence-electron chi connectivity index (χ4n) is 8.54. The van der Waals surface area contributed by atoms with E-state index in [0.29, 0.717) is 55.3 Å². The van der Waals surface area contributed by atoms with Gasteiger partial charge in [-0.15, -0.1) is 0 Å². The zero-order valence-electron chi connectivity index (χ0n) is 32.4. The standard InChI is InChI=1S/C56H38O4/c57-53-45(37-21-9-3-10-22-37)31-41(35-17-5-1-6-18-35)33-47(53)49-29-39-25-13-15-27-43(39)51(55(49)59)52-44-28-16-14-26-40(44)30-50(56(52)60)48-34-42(36-19-7-2-8-20-36)32-46(54(48)58)38-23-11-4-12-24-38/h1-34,57-60H. The quantitative estimate of drug-likeness (QED) is 0.130. The van der Waals surface area contributed by atoms with Gasteiger partial charge in [0.25, 0.3) is 0 Å². The summed E-state index contributed by atoms with van der Waals surface area (Å²) in [5.74, 6) is -0.149. The van der Waals surface area contributed by atoms with Crippen molar-refractivity contribution in [3.05, 3.63) is 206 Å². The Balaban J connectivity index is 1.28. The first-order valence-corrected chi connectivity index (χ1v) is 19.9. The lowest BCUT2D eigenvalue weighted by Crippen LogP contribution is -1.94. The highest BCUT2D eigenvalue weighted by Crippen LogP contribution is 2.55. The van der Waals surface area contributed by atoms with E-state index in [4.69, 9.17) is 0 Å². The summed E-state index contributed by atoms with van der Waals surface area (Å²) in [7, 11) is 0. The zero-order chi connectivity index (χ0) is 40.7. The van der Waals surface area contributed by atoms with Crippen molar-refractivity contribution in [2.24, 2.45) is 0 Å². The monoisotopic (exact) mass is 774 g/mol. The highest BCUT2D eigenvalue weighted by atomic mass is 16.3. The SMILES string of the molecule is Oc1c(-c2ccccc2)cc(-c2ccccc2)cc1-c1cc2ccccc2c(-c2c(O)c(-c3cc(-c4ccccc4)cc(-c4ccccc4)c3O)cc3ccccc23)c1O. The fourth-order valence-corrected chi connectivity index (χ4v) is 8.54. The molecule has 0 spiro atoms. The van der Waals surface area contributed by atoms with Crippen molar-refractivity contribution in [2.75, 3.05) is 0 Å². The molecule has 10 aromatic carbocycles. The first-order valence-electron chi connectivity index (χ1n) is 19.9. The van der Waals surface area contributed by atoms with E-state index >= 15 is 0 Å². The molecule has 0 unspecified atom stereocenters. The summed E-state index contributed by atoms with van der Waals surface area (Å²) < 4.78 is 0. The molecule has 60 heavy (non-hydrogen) atoms. The van der Waals surface area contributed by atoms with Gasteiger partial charge in [0.05, 0.1) is 0 Å². The van der Waals surface area contributed by atoms with Crippen LogP contribution in [-0.2, 0) is 0 Å². The summed E-state index contributed by atoms with van der Waals surface area (Å²) >= 11 is 0. The van der Waals surface area contributed by atoms with E-state index in [1.807, 2.05) is 206 Å². The predicted molar refractivity (Wildman–Crippen MR) is 246 cm³/mol. The van der Waals surface area contributed by atoms with Crippen LogP contribution < -0.4 is 0 Å². The van der Waals surface area contributed by atoms with Crippen LogP contribution in [0.15, 0.2) is 206 Å². The molecule has 0 aliphatic carbocycles. The largest absolute Gasteiger partial charge is 0.507 e. The number of phenols is 4. The van der Waals surface area contributed by atoms with Gasteiger partial charge in [-0.25, -0.2) is 0 Å². The van der Waals surface area contributed by atoms with Crippen LogP contribution in [-0.4, -0.2) is 20.4 Å². The van der Waals surface area contributed by atoms with E-state index in [9.17, 15) is 20.4 Å². The minimum Gasteiger partial charge on any atom is -0.507 e. The second-order valence-electron chi connectivity index (χ2n) is 15.0. The second kappa shape index (κ2) is 15.0. The summed E-state index contributed by atoms with van der Waals surface area (Å²) in [6, 6.07) is 66.5. The minimum absolute atomic E-state index is 0.0244. The Hall–Kier alpha value is -8.08. The average Bonchev–Trinajstić information content (AvgIpc) is 3.30. The molecule has 4 N–H and O–H groups in total. The van der Waals surface area contributed by atoms with Crippen LogP contribution in [0.5, 0.6) is 23.0 Å². The number of benzene rings is 10. The number of aromatic hydroxyl groups is 4. The maximum absolute atomic E-state index is 12.9. The predicted octanol–water partition coefficient (Wildman–Crippen LogP) is 14.5. The van der Waals surface area contributed by atoms with Gasteiger partial charge in [0, 0.05) is 44.5 Å². The Morgan fingerprint density at radius 1 is 0.217 bits per heavy atom. The molecule has 0 aliphatic rings. The number of phenolic OH excluding ortho intramolecular Hbond substituents is 4. The average molecular weight is 775 g/mol. The van der Waals surface area contributed by atoms with Crippen molar-refractivity contribution < 1.29 is 20.4 Å². The molecule has 10 aromatic rings. The number of hydrogen-bond acceptors (Lipinski definition) is 4. The summed E-state index contributed by atoms with van der Waals surface area (Å²) in [6.07, 6.45) is 0. The lowest BCUT2D eigenvalue weighted by molar-refractivity contribution is 0.467. The Morgan fingerprint density at radius 3 is 0.867 bits per heavy atom. The van der Waals surface area contributed by atoms with Crippen molar-refractivity contribution >= 4 is 21.5 Å². The molecule has 0 saturated heterocycles. The van der Waals surface area contributed by atoms with Crippen LogP contribution in [0, 0.1) is 0 Å². The first kappa shape index (κ1) is 36.3. The van der Waals surface area contributed by atoms with Gasteiger partial charge in [-0.05, 0) is 91.3 Å². The van der Waals surface area contributed by atoms with Crippen LogP contribution in [0.4, 0.5) is 0 Å². The number of fused-ring (bicyclic) bond motifs is 2. The Labute approximate surface area is 347 Å². The van der Waals surface area contributed by atoms with Crippen LogP contribution >= 0.6 is 0 Å². The molecule has 0 bridgehead atoms. The fraction of sp³-hybridized carbons (Fsp3) is 0. The highest BCUT2D eigenvalue weighted by molar-refractivity contribution is 6.15. The van der Waals surface area contributed by atoms with Crippen molar-refractivity contribution in [3.63, 3.8) is 0 Å². The molecular formula is C56H38O4. The number of hydrogen-bond donors (Lipinski definition) is 4. The minimum atomic E-state index is -0.0990. The third-order valence-electron chi connectivity index (χ3n) is 11.5. The molecule has 0 atom stereocenters. The van der Waals surface area contributed by atoms with Crippen molar-refractivity contribution in [2.45, 2.75) is 0 Å². The highest BCUT2D eigenvalue weighted by Gasteiger charge is 2.27. The van der Waals surface area contributed by atoms with E-state index in [1.54, 1.807) is 0 Å². The number of rotatable bonds is 7. The van der Waals surface area contributed by atoms with Gasteiger partial charge in [0.15, 0.2) is 0 Å². The molecule has 286 valence electrons. The molecule has 4 nitrogen and oxygen atoms in total. The summed E-state index contributed by atoms with van der Waals surface area (Å²) in [4.78, 5) is 0. The zero-order valence-corrected chi connectivity index (χ0v) is 32.4. The normalized spacial score (nSPS) is 11.3. The van der Waals surface area contributed by atoms with Gasteiger partial charge >= 0.3 is 0 Å². The summed E-state index contributed by atoms with van der Waals surface area (Å²) in [5, 5.41) is 53.2. The Kier molecular flexibility index (Phi) is 9.08.